The van der Waals surface area contributed by atoms with Gasteiger partial charge in [0.15, 0.2) is 11.5 Å². The van der Waals surface area contributed by atoms with Crippen molar-refractivity contribution in [3.63, 3.8) is 0 Å². The number of nitro benzene ring substituents is 1. The van der Waals surface area contributed by atoms with Gasteiger partial charge in [0.2, 0.25) is 6.20 Å². The summed E-state index contributed by atoms with van der Waals surface area (Å²) in [6.07, 6.45) is 1.65. The summed E-state index contributed by atoms with van der Waals surface area (Å²) >= 11 is 1.24. The molecule has 0 saturated carbocycles. The normalized spacial score (nSPS) is 11.3. The molecule has 1 heterocycles. The SMILES string of the molecule is Cc1c[n+](NS(=O)(=O)c2cccc([N+](=O)[O-])c2)sc1C. The molecule has 20 heavy (non-hydrogen) atoms. The number of rotatable bonds is 4. The van der Waals surface area contributed by atoms with Crippen LogP contribution < -0.4 is 8.90 Å². The molecule has 0 radical (unpaired) electrons. The van der Waals surface area contributed by atoms with Gasteiger partial charge in [0.25, 0.3) is 5.69 Å². The minimum atomic E-state index is -3.85. The third-order valence-corrected chi connectivity index (χ3v) is 5.07. The average Bonchev–Trinajstić information content (AvgIpc) is 2.67. The molecule has 0 aliphatic carbocycles. The topological polar surface area (TPSA) is 93.2 Å². The zero-order valence-corrected chi connectivity index (χ0v) is 12.4. The van der Waals surface area contributed by atoms with E-state index in [-0.39, 0.29) is 10.6 Å². The van der Waals surface area contributed by atoms with Gasteiger partial charge in [-0.15, -0.1) is 0 Å². The first-order valence-corrected chi connectivity index (χ1v) is 7.82. The summed E-state index contributed by atoms with van der Waals surface area (Å²) in [5.74, 6) is 0. The minimum Gasteiger partial charge on any atom is -0.258 e. The smallest absolute Gasteiger partial charge is 0.258 e. The van der Waals surface area contributed by atoms with Crippen LogP contribution in [0.25, 0.3) is 0 Å². The van der Waals surface area contributed by atoms with E-state index in [1.165, 1.54) is 33.8 Å². The Kier molecular flexibility index (Phi) is 3.73. The fraction of sp³-hybridized carbons (Fsp3) is 0.182. The van der Waals surface area contributed by atoms with Crippen molar-refractivity contribution in [1.29, 1.82) is 0 Å². The Bertz CT molecular complexity index is 748. The van der Waals surface area contributed by atoms with Gasteiger partial charge in [-0.25, -0.2) is 0 Å². The molecule has 0 unspecified atom stereocenters. The second-order valence-corrected chi connectivity index (χ2v) is 6.98. The lowest BCUT2D eigenvalue weighted by Crippen LogP contribution is -2.44. The van der Waals surface area contributed by atoms with Crippen molar-refractivity contribution < 1.29 is 17.4 Å². The number of nitro groups is 1. The predicted molar refractivity (Wildman–Crippen MR) is 73.6 cm³/mol. The van der Waals surface area contributed by atoms with Crippen LogP contribution in [0.4, 0.5) is 5.69 Å². The molecule has 9 heteroatoms. The van der Waals surface area contributed by atoms with Crippen molar-refractivity contribution in [2.75, 3.05) is 4.83 Å². The molecule has 0 atom stereocenters. The zero-order valence-electron chi connectivity index (χ0n) is 10.7. The van der Waals surface area contributed by atoms with E-state index < -0.39 is 14.9 Å². The van der Waals surface area contributed by atoms with E-state index in [1.54, 1.807) is 6.20 Å². The number of non-ortho nitro benzene ring substituents is 1. The second kappa shape index (κ2) is 5.17. The van der Waals surface area contributed by atoms with Crippen LogP contribution >= 0.6 is 11.5 Å². The maximum atomic E-state index is 12.1. The van der Waals surface area contributed by atoms with Crippen LogP contribution in [0.2, 0.25) is 0 Å². The van der Waals surface area contributed by atoms with Crippen molar-refractivity contribution in [3.05, 3.63) is 51.0 Å². The molecule has 2 rings (SSSR count). The van der Waals surface area contributed by atoms with Gasteiger partial charge >= 0.3 is 10.0 Å². The number of aromatic nitrogens is 1. The van der Waals surface area contributed by atoms with Gasteiger partial charge in [-0.1, -0.05) is 10.9 Å². The van der Waals surface area contributed by atoms with E-state index in [9.17, 15) is 18.5 Å². The highest BCUT2D eigenvalue weighted by Gasteiger charge is 2.23. The first-order chi connectivity index (χ1) is 9.29. The van der Waals surface area contributed by atoms with Crippen molar-refractivity contribution in [2.45, 2.75) is 18.7 Å². The molecule has 0 aliphatic heterocycles. The third-order valence-electron chi connectivity index (χ3n) is 2.65. The Labute approximate surface area is 119 Å². The van der Waals surface area contributed by atoms with Crippen LogP contribution in [0.1, 0.15) is 10.4 Å². The van der Waals surface area contributed by atoms with Crippen molar-refractivity contribution in [2.24, 2.45) is 0 Å². The van der Waals surface area contributed by atoms with Crippen molar-refractivity contribution >= 4 is 27.2 Å². The summed E-state index contributed by atoms with van der Waals surface area (Å²) in [6, 6.07) is 4.91. The minimum absolute atomic E-state index is 0.150. The monoisotopic (exact) mass is 314 g/mol. The average molecular weight is 314 g/mol. The largest absolute Gasteiger partial charge is 0.308 e. The number of aryl methyl sites for hydroxylation is 2. The molecular formula is C11H12N3O4S2+. The van der Waals surface area contributed by atoms with Crippen LogP contribution in [-0.2, 0) is 10.0 Å². The predicted octanol–water partition coefficient (Wildman–Crippen LogP) is 1.49. The van der Waals surface area contributed by atoms with Crippen molar-refractivity contribution in [3.8, 4) is 0 Å². The van der Waals surface area contributed by atoms with Gasteiger partial charge in [0, 0.05) is 17.7 Å². The second-order valence-electron chi connectivity index (χ2n) is 4.13. The highest BCUT2D eigenvalue weighted by atomic mass is 32.2. The van der Waals surface area contributed by atoms with Gasteiger partial charge in [-0.2, -0.15) is 8.42 Å². The fourth-order valence-corrected chi connectivity index (χ4v) is 3.57. The maximum absolute atomic E-state index is 12.1. The number of sulfonamides is 1. The third kappa shape index (κ3) is 2.94. The highest BCUT2D eigenvalue weighted by Crippen LogP contribution is 2.17. The summed E-state index contributed by atoms with van der Waals surface area (Å²) in [6.45, 7) is 3.74. The fourth-order valence-electron chi connectivity index (χ4n) is 1.49. The first kappa shape index (κ1) is 14.4. The van der Waals surface area contributed by atoms with E-state index in [0.717, 1.165) is 16.5 Å². The summed E-state index contributed by atoms with van der Waals surface area (Å²) in [5, 5.41) is 10.7. The van der Waals surface area contributed by atoms with Gasteiger partial charge in [-0.05, 0) is 24.0 Å². The Balaban J connectivity index is 2.35. The van der Waals surface area contributed by atoms with Crippen LogP contribution in [0, 0.1) is 24.0 Å². The molecule has 0 bridgehead atoms. The lowest BCUT2D eigenvalue weighted by Gasteiger charge is -2.00. The molecule has 0 saturated heterocycles. The quantitative estimate of drug-likeness (QED) is 0.525. The van der Waals surface area contributed by atoms with E-state index in [2.05, 4.69) is 4.83 Å². The Morgan fingerprint density at radius 1 is 1.35 bits per heavy atom. The molecule has 0 amide bonds. The molecule has 2 aromatic rings. The Morgan fingerprint density at radius 2 is 2.05 bits per heavy atom. The van der Waals surface area contributed by atoms with Gasteiger partial charge < -0.3 is 0 Å². The molecule has 1 aromatic heterocycles. The zero-order chi connectivity index (χ0) is 14.9. The summed E-state index contributed by atoms with van der Waals surface area (Å²) in [5.41, 5.74) is 0.688. The molecule has 1 N–H and O–H groups in total. The Hall–Kier alpha value is -2.00. The maximum Gasteiger partial charge on any atom is 0.308 e. The van der Waals surface area contributed by atoms with Crippen LogP contribution in [-0.4, -0.2) is 13.3 Å². The lowest BCUT2D eigenvalue weighted by molar-refractivity contribution is -0.564. The lowest BCUT2D eigenvalue weighted by atomic mass is 10.3. The highest BCUT2D eigenvalue weighted by molar-refractivity contribution is 7.92. The summed E-state index contributed by atoms with van der Waals surface area (Å²) in [7, 11) is -3.85. The molecular weight excluding hydrogens is 302 g/mol. The number of nitrogens with one attached hydrogen (secondary N) is 1. The van der Waals surface area contributed by atoms with Gasteiger partial charge in [0.05, 0.1) is 14.7 Å². The standard InChI is InChI=1S/C11H12N3O4S2/c1-8-7-13(19-9(8)2)12-20(17,18)11-5-3-4-10(6-11)14(15)16/h3-7,12H,1-2H3/q+1. The molecule has 7 nitrogen and oxygen atoms in total. The summed E-state index contributed by atoms with van der Waals surface area (Å²) in [4.78, 5) is 13.2. The molecule has 1 aromatic carbocycles. The van der Waals surface area contributed by atoms with E-state index in [4.69, 9.17) is 0 Å². The molecule has 0 aliphatic rings. The van der Waals surface area contributed by atoms with E-state index in [1.807, 2.05) is 13.8 Å². The van der Waals surface area contributed by atoms with E-state index in [0.29, 0.717) is 0 Å². The number of hydrogen-bond donors (Lipinski definition) is 1. The number of benzene rings is 1. The number of hydrogen-bond acceptors (Lipinski definition) is 5. The molecule has 0 spiro atoms. The van der Waals surface area contributed by atoms with E-state index >= 15 is 0 Å². The number of nitrogens with zero attached hydrogens (tertiary/aromatic N) is 2. The van der Waals surface area contributed by atoms with Gasteiger partial charge in [0.1, 0.15) is 0 Å². The summed E-state index contributed by atoms with van der Waals surface area (Å²) < 4.78 is 25.7. The van der Waals surface area contributed by atoms with Crippen LogP contribution in [0.3, 0.4) is 0 Å². The molecule has 106 valence electrons. The van der Waals surface area contributed by atoms with Crippen LogP contribution in [0.5, 0.6) is 0 Å². The molecule has 0 fully saturated rings. The van der Waals surface area contributed by atoms with Crippen molar-refractivity contribution in [1.82, 2.24) is 0 Å². The first-order valence-electron chi connectivity index (χ1n) is 5.56. The van der Waals surface area contributed by atoms with Gasteiger partial charge in [-0.3, -0.25) is 10.1 Å². The van der Waals surface area contributed by atoms with Crippen LogP contribution in [0.15, 0.2) is 35.4 Å². The Morgan fingerprint density at radius 3 is 2.60 bits per heavy atom.